The Hall–Kier alpha value is -1.14. The molecule has 0 aliphatic carbocycles. The number of nitrogens with one attached hydrogen (secondary N) is 2. The molecular weight excluding hydrogens is 290 g/mol. The van der Waals surface area contributed by atoms with E-state index in [2.05, 4.69) is 33.7 Å². The maximum Gasteiger partial charge on any atom is 0.238 e. The first kappa shape index (κ1) is 17.9. The summed E-state index contributed by atoms with van der Waals surface area (Å²) in [4.78, 5) is 14.0. The lowest BCUT2D eigenvalue weighted by Crippen LogP contribution is -2.35. The first-order chi connectivity index (χ1) is 9.69. The number of ether oxygens (including phenoxy) is 1. The maximum atomic E-state index is 11.7. The van der Waals surface area contributed by atoms with Crippen LogP contribution in [0.15, 0.2) is 18.2 Å². The van der Waals surface area contributed by atoms with Crippen LogP contribution in [0, 0.1) is 6.92 Å². The Morgan fingerprint density at radius 3 is 2.71 bits per heavy atom. The number of nitrogens with zero attached hydrogens (tertiary/aromatic N) is 1. The van der Waals surface area contributed by atoms with Gasteiger partial charge in [-0.2, -0.15) is 0 Å². The van der Waals surface area contributed by atoms with Crippen molar-refractivity contribution in [2.75, 3.05) is 45.2 Å². The molecule has 0 saturated carbocycles. The van der Waals surface area contributed by atoms with Crippen molar-refractivity contribution < 1.29 is 9.53 Å². The van der Waals surface area contributed by atoms with E-state index in [0.29, 0.717) is 6.54 Å². The highest BCUT2D eigenvalue weighted by Crippen LogP contribution is 2.18. The summed E-state index contributed by atoms with van der Waals surface area (Å²) in [6.07, 6.45) is 0. The Morgan fingerprint density at radius 2 is 2.05 bits per heavy atom. The number of likely N-dealkylation sites (N-methyl/N-ethyl adjacent to an activating group) is 1. The third-order valence-corrected chi connectivity index (χ3v) is 3.42. The standard InChI is InChI=1S/C15H23N3O2.ClH/c1-12-3-4-13(11-18-5-7-20-8-6-18)9-14(12)17-15(19)10-16-2;/h3-4,9,16H,5-8,10-11H2,1-2H3,(H,17,19);1H. The molecule has 1 aromatic rings. The van der Waals surface area contributed by atoms with Crippen molar-refractivity contribution in [3.8, 4) is 0 Å². The van der Waals surface area contributed by atoms with Crippen molar-refractivity contribution in [2.45, 2.75) is 13.5 Å². The summed E-state index contributed by atoms with van der Waals surface area (Å²) < 4.78 is 5.35. The zero-order valence-corrected chi connectivity index (χ0v) is 13.5. The van der Waals surface area contributed by atoms with Gasteiger partial charge in [-0.3, -0.25) is 9.69 Å². The van der Waals surface area contributed by atoms with Crippen molar-refractivity contribution >= 4 is 24.0 Å². The molecule has 1 fully saturated rings. The lowest BCUT2D eigenvalue weighted by molar-refractivity contribution is -0.115. The minimum atomic E-state index is -0.0147. The van der Waals surface area contributed by atoms with Crippen molar-refractivity contribution in [1.29, 1.82) is 0 Å². The largest absolute Gasteiger partial charge is 0.379 e. The molecule has 2 N–H and O–H groups in total. The number of hydrogen-bond acceptors (Lipinski definition) is 4. The van der Waals surface area contributed by atoms with Gasteiger partial charge >= 0.3 is 0 Å². The molecule has 118 valence electrons. The van der Waals surface area contributed by atoms with Gasteiger partial charge in [-0.15, -0.1) is 12.4 Å². The fraction of sp³-hybridized carbons (Fsp3) is 0.533. The van der Waals surface area contributed by atoms with Gasteiger partial charge in [-0.25, -0.2) is 0 Å². The summed E-state index contributed by atoms with van der Waals surface area (Å²) in [5.74, 6) is -0.0147. The van der Waals surface area contributed by atoms with Crippen molar-refractivity contribution in [2.24, 2.45) is 0 Å². The van der Waals surface area contributed by atoms with Gasteiger partial charge in [0.05, 0.1) is 19.8 Å². The molecule has 0 spiro atoms. The van der Waals surface area contributed by atoms with E-state index in [0.717, 1.165) is 44.1 Å². The molecule has 5 nitrogen and oxygen atoms in total. The Bertz CT molecular complexity index is 462. The number of benzene rings is 1. The predicted molar refractivity (Wildman–Crippen MR) is 87.1 cm³/mol. The van der Waals surface area contributed by atoms with Crippen LogP contribution in [0.3, 0.4) is 0 Å². The Labute approximate surface area is 132 Å². The topological polar surface area (TPSA) is 53.6 Å². The average molecular weight is 314 g/mol. The number of carbonyl (C=O) groups excluding carboxylic acids is 1. The van der Waals surface area contributed by atoms with Gasteiger partial charge in [0.25, 0.3) is 0 Å². The van der Waals surface area contributed by atoms with E-state index in [1.165, 1.54) is 5.56 Å². The zero-order valence-electron chi connectivity index (χ0n) is 12.6. The van der Waals surface area contributed by atoms with Crippen molar-refractivity contribution in [3.05, 3.63) is 29.3 Å². The van der Waals surface area contributed by atoms with Gasteiger partial charge in [0.1, 0.15) is 0 Å². The molecule has 0 radical (unpaired) electrons. The van der Waals surface area contributed by atoms with Gasteiger partial charge in [-0.05, 0) is 31.2 Å². The van der Waals surface area contributed by atoms with Crippen LogP contribution in [-0.4, -0.2) is 50.7 Å². The van der Waals surface area contributed by atoms with Crippen LogP contribution in [0.2, 0.25) is 0 Å². The summed E-state index contributed by atoms with van der Waals surface area (Å²) in [5.41, 5.74) is 3.20. The van der Waals surface area contributed by atoms with Crippen LogP contribution in [0.4, 0.5) is 5.69 Å². The summed E-state index contributed by atoms with van der Waals surface area (Å²) >= 11 is 0. The molecule has 1 aromatic carbocycles. The lowest BCUT2D eigenvalue weighted by atomic mass is 10.1. The molecule has 1 heterocycles. The SMILES string of the molecule is CNCC(=O)Nc1cc(CN2CCOCC2)ccc1C.Cl. The molecule has 0 unspecified atom stereocenters. The third kappa shape index (κ3) is 5.63. The van der Waals surface area contributed by atoms with Crippen LogP contribution in [0.25, 0.3) is 0 Å². The number of amides is 1. The van der Waals surface area contributed by atoms with E-state index in [9.17, 15) is 4.79 Å². The second-order valence-electron chi connectivity index (χ2n) is 5.12. The van der Waals surface area contributed by atoms with E-state index in [1.54, 1.807) is 7.05 Å². The zero-order chi connectivity index (χ0) is 14.4. The number of anilines is 1. The number of carbonyl (C=O) groups is 1. The molecule has 0 atom stereocenters. The highest BCUT2D eigenvalue weighted by atomic mass is 35.5. The predicted octanol–water partition coefficient (Wildman–Crippen LogP) is 1.41. The molecular formula is C15H24ClN3O2. The Kier molecular flexibility index (Phi) is 7.67. The van der Waals surface area contributed by atoms with Crippen LogP contribution in [-0.2, 0) is 16.1 Å². The van der Waals surface area contributed by atoms with Gasteiger partial charge in [0.2, 0.25) is 5.91 Å². The van der Waals surface area contributed by atoms with Crippen molar-refractivity contribution in [3.63, 3.8) is 0 Å². The van der Waals surface area contributed by atoms with E-state index in [-0.39, 0.29) is 18.3 Å². The molecule has 1 aliphatic heterocycles. The number of aryl methyl sites for hydroxylation is 1. The van der Waals surface area contributed by atoms with Gasteiger partial charge in [0.15, 0.2) is 0 Å². The Balaban J connectivity index is 0.00000220. The Morgan fingerprint density at radius 1 is 1.33 bits per heavy atom. The summed E-state index contributed by atoms with van der Waals surface area (Å²) in [6, 6.07) is 6.25. The molecule has 6 heteroatoms. The average Bonchev–Trinajstić information content (AvgIpc) is 2.44. The molecule has 1 saturated heterocycles. The molecule has 0 aromatic heterocycles. The number of rotatable bonds is 5. The summed E-state index contributed by atoms with van der Waals surface area (Å²) in [5, 5.41) is 5.80. The maximum absolute atomic E-state index is 11.7. The number of morpholine rings is 1. The fourth-order valence-corrected chi connectivity index (χ4v) is 2.27. The molecule has 2 rings (SSSR count). The number of halogens is 1. The minimum absolute atomic E-state index is 0. The first-order valence-electron chi connectivity index (χ1n) is 7.03. The van der Waals surface area contributed by atoms with Gasteiger partial charge < -0.3 is 15.4 Å². The second kappa shape index (κ2) is 9.00. The highest BCUT2D eigenvalue weighted by Gasteiger charge is 2.12. The quantitative estimate of drug-likeness (QED) is 0.863. The van der Waals surface area contributed by atoms with Crippen LogP contribution < -0.4 is 10.6 Å². The van der Waals surface area contributed by atoms with Crippen LogP contribution in [0.1, 0.15) is 11.1 Å². The fourth-order valence-electron chi connectivity index (χ4n) is 2.27. The van der Waals surface area contributed by atoms with Gasteiger partial charge in [-0.1, -0.05) is 12.1 Å². The smallest absolute Gasteiger partial charge is 0.238 e. The van der Waals surface area contributed by atoms with E-state index in [4.69, 9.17) is 4.74 Å². The van der Waals surface area contributed by atoms with Crippen LogP contribution in [0.5, 0.6) is 0 Å². The number of hydrogen-bond donors (Lipinski definition) is 2. The lowest BCUT2D eigenvalue weighted by Gasteiger charge is -2.26. The monoisotopic (exact) mass is 313 g/mol. The van der Waals surface area contributed by atoms with Crippen molar-refractivity contribution in [1.82, 2.24) is 10.2 Å². The van der Waals surface area contributed by atoms with E-state index >= 15 is 0 Å². The van der Waals surface area contributed by atoms with E-state index < -0.39 is 0 Å². The third-order valence-electron chi connectivity index (χ3n) is 3.42. The van der Waals surface area contributed by atoms with Gasteiger partial charge in [0, 0.05) is 25.3 Å². The molecule has 21 heavy (non-hydrogen) atoms. The molecule has 1 aliphatic rings. The van der Waals surface area contributed by atoms with Crippen LogP contribution >= 0.6 is 12.4 Å². The van der Waals surface area contributed by atoms with E-state index in [1.807, 2.05) is 6.92 Å². The summed E-state index contributed by atoms with van der Waals surface area (Å²) in [6.45, 7) is 6.78. The second-order valence-corrected chi connectivity index (χ2v) is 5.12. The highest BCUT2D eigenvalue weighted by molar-refractivity contribution is 5.93. The normalized spacial score (nSPS) is 15.3. The first-order valence-corrected chi connectivity index (χ1v) is 7.03. The minimum Gasteiger partial charge on any atom is -0.379 e. The molecule has 0 bridgehead atoms. The molecule has 1 amide bonds. The summed E-state index contributed by atoms with van der Waals surface area (Å²) in [7, 11) is 1.77.